The molecule has 0 bridgehead atoms. The fraction of sp³-hybridized carbons (Fsp3) is 0.0625. The van der Waals surface area contributed by atoms with E-state index in [4.69, 9.17) is 0 Å². The Morgan fingerprint density at radius 2 is 1.78 bits per heavy atom. The minimum Gasteiger partial charge on any atom is -0.272 e. The van der Waals surface area contributed by atoms with Gasteiger partial charge in [-0.25, -0.2) is 18.7 Å². The lowest BCUT2D eigenvalue weighted by Crippen LogP contribution is -2.25. The monoisotopic (exact) mass is 310 g/mol. The molecule has 23 heavy (non-hydrogen) atoms. The minimum atomic E-state index is -0.413. The van der Waals surface area contributed by atoms with E-state index in [2.05, 4.69) is 10.2 Å². The van der Waals surface area contributed by atoms with Gasteiger partial charge in [-0.3, -0.25) is 9.36 Å². The number of rotatable bonds is 2. The number of halogens is 1. The third-order valence-electron chi connectivity index (χ3n) is 3.77. The molecule has 0 saturated carbocycles. The summed E-state index contributed by atoms with van der Waals surface area (Å²) in [5.74, 6) is -0.122. The predicted molar refractivity (Wildman–Crippen MR) is 83.1 cm³/mol. The molecule has 0 amide bonds. The maximum Gasteiger partial charge on any atom is 0.349 e. The van der Waals surface area contributed by atoms with Gasteiger partial charge in [-0.2, -0.15) is 0 Å². The van der Waals surface area contributed by atoms with Crippen molar-refractivity contribution in [3.8, 4) is 0 Å². The summed E-state index contributed by atoms with van der Waals surface area (Å²) in [6.45, 7) is 0.192. The number of aromatic nitrogens is 4. The highest BCUT2D eigenvalue weighted by Crippen LogP contribution is 2.12. The molecule has 2 aromatic carbocycles. The zero-order chi connectivity index (χ0) is 16.0. The number of fused-ring (bicyclic) bond motifs is 3. The summed E-state index contributed by atoms with van der Waals surface area (Å²) in [6.07, 6.45) is 0. The average Bonchev–Trinajstić information content (AvgIpc) is 2.95. The van der Waals surface area contributed by atoms with Gasteiger partial charge in [0.2, 0.25) is 5.78 Å². The topological polar surface area (TPSA) is 72.2 Å². The Labute approximate surface area is 128 Å². The van der Waals surface area contributed by atoms with Crippen LogP contribution in [-0.4, -0.2) is 19.2 Å². The molecule has 6 nitrogen and oxygen atoms in total. The van der Waals surface area contributed by atoms with Gasteiger partial charge < -0.3 is 0 Å². The van der Waals surface area contributed by atoms with Crippen molar-refractivity contribution in [3.05, 3.63) is 80.7 Å². The average molecular weight is 310 g/mol. The Hall–Kier alpha value is -3.22. The van der Waals surface area contributed by atoms with E-state index in [1.807, 2.05) is 0 Å². The smallest absolute Gasteiger partial charge is 0.272 e. The van der Waals surface area contributed by atoms with E-state index in [0.717, 1.165) is 5.56 Å². The zero-order valence-electron chi connectivity index (χ0n) is 11.9. The van der Waals surface area contributed by atoms with Crippen molar-refractivity contribution < 1.29 is 4.39 Å². The van der Waals surface area contributed by atoms with Crippen molar-refractivity contribution in [3.63, 3.8) is 0 Å². The Morgan fingerprint density at radius 1 is 1.04 bits per heavy atom. The molecular weight excluding hydrogens is 299 g/mol. The van der Waals surface area contributed by atoms with Crippen molar-refractivity contribution in [2.75, 3.05) is 0 Å². The molecule has 2 aromatic heterocycles. The van der Waals surface area contributed by atoms with Crippen molar-refractivity contribution in [2.24, 2.45) is 0 Å². The van der Waals surface area contributed by atoms with Gasteiger partial charge in [0.15, 0.2) is 0 Å². The number of aromatic amines is 1. The highest BCUT2D eigenvalue weighted by atomic mass is 19.1. The van der Waals surface area contributed by atoms with Crippen LogP contribution >= 0.6 is 0 Å². The van der Waals surface area contributed by atoms with E-state index in [-0.39, 0.29) is 23.7 Å². The predicted octanol–water partition coefficient (Wildman–Crippen LogP) is 1.52. The molecule has 0 aliphatic heterocycles. The van der Waals surface area contributed by atoms with E-state index < -0.39 is 5.69 Å². The van der Waals surface area contributed by atoms with Gasteiger partial charge in [0.25, 0.3) is 5.56 Å². The van der Waals surface area contributed by atoms with Crippen LogP contribution in [0.4, 0.5) is 4.39 Å². The molecule has 0 unspecified atom stereocenters. The highest BCUT2D eigenvalue weighted by molar-refractivity contribution is 5.79. The van der Waals surface area contributed by atoms with Crippen LogP contribution in [0.25, 0.3) is 16.7 Å². The first-order valence-electron chi connectivity index (χ1n) is 6.98. The minimum absolute atomic E-state index is 0.192. The summed E-state index contributed by atoms with van der Waals surface area (Å²) < 4.78 is 15.8. The lowest BCUT2D eigenvalue weighted by atomic mass is 10.2. The number of nitrogens with one attached hydrogen (secondary N) is 1. The van der Waals surface area contributed by atoms with E-state index in [9.17, 15) is 14.0 Å². The summed E-state index contributed by atoms with van der Waals surface area (Å²) in [6, 6.07) is 12.7. The number of para-hydroxylation sites is 1. The largest absolute Gasteiger partial charge is 0.349 e. The summed E-state index contributed by atoms with van der Waals surface area (Å²) in [5, 5.41) is 6.75. The van der Waals surface area contributed by atoms with Crippen LogP contribution in [0.5, 0.6) is 0 Å². The van der Waals surface area contributed by atoms with Gasteiger partial charge in [0.1, 0.15) is 5.82 Å². The first kappa shape index (κ1) is 13.4. The van der Waals surface area contributed by atoms with Crippen molar-refractivity contribution in [2.45, 2.75) is 6.54 Å². The van der Waals surface area contributed by atoms with E-state index in [1.54, 1.807) is 36.4 Å². The SMILES string of the molecule is O=c1c2ccccc2n2c(=O)[nH]nc2n1Cc1ccc(F)cc1. The van der Waals surface area contributed by atoms with Crippen LogP contribution in [-0.2, 0) is 6.54 Å². The highest BCUT2D eigenvalue weighted by Gasteiger charge is 2.14. The molecule has 4 rings (SSSR count). The summed E-state index contributed by atoms with van der Waals surface area (Å²) in [5.41, 5.74) is 0.572. The zero-order valence-corrected chi connectivity index (χ0v) is 11.9. The lowest BCUT2D eigenvalue weighted by Gasteiger charge is -2.09. The number of benzene rings is 2. The standard InChI is InChI=1S/C16H11FN4O2/c17-11-7-5-10(6-8-11)9-20-14(22)12-3-1-2-4-13(12)21-15(20)18-19-16(21)23/h1-8H,9H2,(H,19,23). The number of H-pyrrole nitrogens is 1. The van der Waals surface area contributed by atoms with E-state index in [0.29, 0.717) is 10.9 Å². The number of hydrogen-bond acceptors (Lipinski definition) is 3. The van der Waals surface area contributed by atoms with Crippen LogP contribution in [0, 0.1) is 5.82 Å². The Kier molecular flexibility index (Phi) is 2.87. The third-order valence-corrected chi connectivity index (χ3v) is 3.77. The first-order valence-corrected chi connectivity index (χ1v) is 6.98. The van der Waals surface area contributed by atoms with Crippen LogP contribution in [0.2, 0.25) is 0 Å². The van der Waals surface area contributed by atoms with Gasteiger partial charge in [-0.05, 0) is 29.8 Å². The van der Waals surface area contributed by atoms with Crippen molar-refractivity contribution in [1.82, 2.24) is 19.2 Å². The molecule has 0 atom stereocenters. The van der Waals surface area contributed by atoms with Crippen molar-refractivity contribution in [1.29, 1.82) is 0 Å². The second kappa shape index (κ2) is 4.91. The maximum atomic E-state index is 13.0. The van der Waals surface area contributed by atoms with Gasteiger partial charge in [0.05, 0.1) is 17.4 Å². The van der Waals surface area contributed by atoms with E-state index in [1.165, 1.54) is 21.1 Å². The van der Waals surface area contributed by atoms with Gasteiger partial charge in [-0.15, -0.1) is 5.10 Å². The molecule has 1 N–H and O–H groups in total. The molecule has 0 aliphatic rings. The molecule has 4 aromatic rings. The number of hydrogen-bond donors (Lipinski definition) is 1. The molecule has 0 spiro atoms. The number of nitrogens with zero attached hydrogens (tertiary/aromatic N) is 3. The van der Waals surface area contributed by atoms with Gasteiger partial charge in [-0.1, -0.05) is 24.3 Å². The fourth-order valence-corrected chi connectivity index (χ4v) is 2.69. The van der Waals surface area contributed by atoms with E-state index >= 15 is 0 Å². The first-order chi connectivity index (χ1) is 11.1. The summed E-state index contributed by atoms with van der Waals surface area (Å²) in [4.78, 5) is 24.8. The van der Waals surface area contributed by atoms with Gasteiger partial charge >= 0.3 is 5.69 Å². The van der Waals surface area contributed by atoms with Crippen LogP contribution < -0.4 is 11.2 Å². The molecular formula is C16H11FN4O2. The normalized spacial score (nSPS) is 11.3. The molecule has 0 fully saturated rings. The summed E-state index contributed by atoms with van der Waals surface area (Å²) in [7, 11) is 0. The Morgan fingerprint density at radius 3 is 2.57 bits per heavy atom. The molecule has 7 heteroatoms. The van der Waals surface area contributed by atoms with Crippen LogP contribution in [0.15, 0.2) is 58.1 Å². The third kappa shape index (κ3) is 2.05. The maximum absolute atomic E-state index is 13.0. The Balaban J connectivity index is 2.05. The van der Waals surface area contributed by atoms with Crippen LogP contribution in [0.1, 0.15) is 5.56 Å². The Bertz CT molecular complexity index is 1140. The molecule has 114 valence electrons. The second-order valence-electron chi connectivity index (χ2n) is 5.20. The molecule has 0 saturated heterocycles. The van der Waals surface area contributed by atoms with Gasteiger partial charge in [0, 0.05) is 0 Å². The molecule has 0 radical (unpaired) electrons. The fourth-order valence-electron chi connectivity index (χ4n) is 2.69. The molecule has 0 aliphatic carbocycles. The second-order valence-corrected chi connectivity index (χ2v) is 5.20. The van der Waals surface area contributed by atoms with Crippen LogP contribution in [0.3, 0.4) is 0 Å². The lowest BCUT2D eigenvalue weighted by molar-refractivity contribution is 0.626. The molecule has 2 heterocycles. The quantitative estimate of drug-likeness (QED) is 0.610. The van der Waals surface area contributed by atoms with Crippen molar-refractivity contribution >= 4 is 16.7 Å². The summed E-state index contributed by atoms with van der Waals surface area (Å²) >= 11 is 0.